The predicted molar refractivity (Wildman–Crippen MR) is 97.7 cm³/mol. The van der Waals surface area contributed by atoms with Crippen LogP contribution in [0.5, 0.6) is 0 Å². The molecule has 25 heavy (non-hydrogen) atoms. The maximum Gasteiger partial charge on any atom is 0.342 e. The zero-order chi connectivity index (χ0) is 17.8. The van der Waals surface area contributed by atoms with Crippen LogP contribution in [0.4, 0.5) is 0 Å². The van der Waals surface area contributed by atoms with Gasteiger partial charge in [0.25, 0.3) is 0 Å². The first-order chi connectivity index (χ1) is 11.9. The minimum absolute atomic E-state index is 0.278. The largest absolute Gasteiger partial charge is 0.342 e. The highest BCUT2D eigenvalue weighted by Gasteiger charge is 2.60. The second kappa shape index (κ2) is 6.25. The lowest BCUT2D eigenvalue weighted by molar-refractivity contribution is -0.236. The fourth-order valence-electron chi connectivity index (χ4n) is 8.16. The van der Waals surface area contributed by atoms with Crippen LogP contribution in [0.1, 0.15) is 85.0 Å². The molecule has 0 aliphatic heterocycles. The van der Waals surface area contributed by atoms with Gasteiger partial charge in [0.05, 0.1) is 6.42 Å². The summed E-state index contributed by atoms with van der Waals surface area (Å²) in [6, 6.07) is 0. The van der Waals surface area contributed by atoms with Gasteiger partial charge in [-0.3, -0.25) is 0 Å². The number of carbonyl (C=O) groups excluding carboxylic acids is 1. The molecule has 0 radical (unpaired) electrons. The third kappa shape index (κ3) is 2.67. The second-order valence-electron chi connectivity index (χ2n) is 10.5. The predicted octanol–water partition coefficient (Wildman–Crippen LogP) is 5.69. The Morgan fingerprint density at radius 2 is 1.72 bits per heavy atom. The van der Waals surface area contributed by atoms with Gasteiger partial charge in [0.2, 0.25) is 0 Å². The van der Waals surface area contributed by atoms with E-state index >= 15 is 0 Å². The van der Waals surface area contributed by atoms with Crippen LogP contribution in [0.3, 0.4) is 0 Å². The summed E-state index contributed by atoms with van der Waals surface area (Å²) < 4.78 is 0. The van der Waals surface area contributed by atoms with Gasteiger partial charge in [0, 0.05) is 0 Å². The van der Waals surface area contributed by atoms with Gasteiger partial charge in [-0.2, -0.15) is 5.26 Å². The molecule has 142 valence electrons. The Morgan fingerprint density at radius 3 is 2.48 bits per heavy atom. The molecule has 4 saturated carbocycles. The van der Waals surface area contributed by atoms with Crippen LogP contribution in [0, 0.1) is 46.3 Å². The van der Waals surface area contributed by atoms with Crippen molar-refractivity contribution in [1.29, 1.82) is 0 Å². The maximum absolute atomic E-state index is 11.7. The molecule has 0 spiro atoms. The molecule has 4 rings (SSSR count). The molecule has 0 heterocycles. The van der Waals surface area contributed by atoms with Gasteiger partial charge in [-0.05, 0) is 97.7 Å². The van der Waals surface area contributed by atoms with Gasteiger partial charge < -0.3 is 4.89 Å². The molecule has 3 nitrogen and oxygen atoms in total. The van der Waals surface area contributed by atoms with E-state index in [-0.39, 0.29) is 5.41 Å². The van der Waals surface area contributed by atoms with E-state index in [4.69, 9.17) is 5.26 Å². The number of hydrogen-bond acceptors (Lipinski definition) is 3. The first-order valence-corrected chi connectivity index (χ1v) is 10.7. The summed E-state index contributed by atoms with van der Waals surface area (Å²) in [5, 5.41) is 8.70. The Hall–Kier alpha value is -0.570. The quantitative estimate of drug-likeness (QED) is 0.515. The summed E-state index contributed by atoms with van der Waals surface area (Å²) in [7, 11) is 0. The van der Waals surface area contributed by atoms with Crippen LogP contribution in [0.2, 0.25) is 0 Å². The summed E-state index contributed by atoms with van der Waals surface area (Å²) in [6.45, 7) is 7.51. The molecule has 3 unspecified atom stereocenters. The number of carbonyl (C=O) groups is 1. The van der Waals surface area contributed by atoms with Crippen LogP contribution >= 0.6 is 0 Å². The molecule has 0 saturated heterocycles. The lowest BCUT2D eigenvalue weighted by atomic mass is 9.44. The Morgan fingerprint density at radius 1 is 1.00 bits per heavy atom. The topological polar surface area (TPSA) is 46.5 Å². The molecular weight excluding hydrogens is 312 g/mol. The third-order valence-corrected chi connectivity index (χ3v) is 9.64. The smallest absolute Gasteiger partial charge is 0.301 e. The van der Waals surface area contributed by atoms with E-state index in [0.29, 0.717) is 17.8 Å². The van der Waals surface area contributed by atoms with Crippen LogP contribution in [-0.2, 0) is 9.68 Å². The molecule has 0 aromatic heterocycles. The van der Waals surface area contributed by atoms with Crippen molar-refractivity contribution in [3.05, 3.63) is 0 Å². The van der Waals surface area contributed by atoms with E-state index in [2.05, 4.69) is 25.7 Å². The first-order valence-electron chi connectivity index (χ1n) is 10.7. The Kier molecular flexibility index (Phi) is 4.46. The number of rotatable bonds is 2. The lowest BCUT2D eigenvalue weighted by Crippen LogP contribution is -2.53. The molecule has 0 bridgehead atoms. The highest BCUT2D eigenvalue weighted by Crippen LogP contribution is 2.68. The zero-order valence-electron chi connectivity index (χ0n) is 16.3. The van der Waals surface area contributed by atoms with Crippen molar-refractivity contribution < 1.29 is 14.9 Å². The summed E-state index contributed by atoms with van der Waals surface area (Å²) >= 11 is 0. The zero-order valence-corrected chi connectivity index (χ0v) is 16.3. The molecule has 0 aromatic rings. The molecule has 0 amide bonds. The number of fused-ring (bicyclic) bond motifs is 5. The van der Waals surface area contributed by atoms with Crippen LogP contribution in [0.15, 0.2) is 0 Å². The van der Waals surface area contributed by atoms with E-state index in [1.165, 1.54) is 51.4 Å². The summed E-state index contributed by atoms with van der Waals surface area (Å²) in [5.41, 5.74) is 0.847. The van der Waals surface area contributed by atoms with E-state index in [0.717, 1.165) is 36.0 Å². The van der Waals surface area contributed by atoms with Gasteiger partial charge in [-0.25, -0.2) is 4.79 Å². The van der Waals surface area contributed by atoms with Crippen LogP contribution in [-0.4, -0.2) is 11.2 Å². The van der Waals surface area contributed by atoms with Gasteiger partial charge in [0.15, 0.2) is 0 Å². The summed E-state index contributed by atoms with van der Waals surface area (Å²) in [5.74, 6) is 4.37. The van der Waals surface area contributed by atoms with Crippen molar-refractivity contribution in [3.63, 3.8) is 0 Å². The average molecular weight is 349 g/mol. The van der Waals surface area contributed by atoms with Gasteiger partial charge in [0.1, 0.15) is 0 Å². The van der Waals surface area contributed by atoms with E-state index in [1.807, 2.05) is 0 Å². The van der Waals surface area contributed by atoms with Gasteiger partial charge in [-0.1, -0.05) is 27.2 Å². The van der Waals surface area contributed by atoms with E-state index in [9.17, 15) is 4.79 Å². The van der Waals surface area contributed by atoms with Gasteiger partial charge in [-0.15, -0.1) is 0 Å². The molecule has 0 aromatic carbocycles. The number of hydrogen-bond donors (Lipinski definition) is 1. The van der Waals surface area contributed by atoms with Gasteiger partial charge >= 0.3 is 5.97 Å². The Bertz CT molecular complexity index is 531. The second-order valence-corrected chi connectivity index (χ2v) is 10.5. The molecule has 3 heteroatoms. The average Bonchev–Trinajstić information content (AvgIpc) is 2.92. The fraction of sp³-hybridized carbons (Fsp3) is 0.955. The molecular formula is C22H36O3. The van der Waals surface area contributed by atoms with Crippen molar-refractivity contribution in [3.8, 4) is 0 Å². The van der Waals surface area contributed by atoms with Crippen LogP contribution in [0.25, 0.3) is 0 Å². The molecule has 4 aliphatic carbocycles. The van der Waals surface area contributed by atoms with Crippen molar-refractivity contribution in [2.24, 2.45) is 46.3 Å². The van der Waals surface area contributed by atoms with E-state index < -0.39 is 5.97 Å². The van der Waals surface area contributed by atoms with Crippen LogP contribution < -0.4 is 0 Å². The normalized spacial score (nSPS) is 52.0. The van der Waals surface area contributed by atoms with Crippen molar-refractivity contribution in [2.75, 3.05) is 0 Å². The molecule has 4 aliphatic rings. The molecule has 8 atom stereocenters. The van der Waals surface area contributed by atoms with Crippen molar-refractivity contribution in [1.82, 2.24) is 0 Å². The van der Waals surface area contributed by atoms with Crippen molar-refractivity contribution in [2.45, 2.75) is 85.0 Å². The molecule has 1 N–H and O–H groups in total. The monoisotopic (exact) mass is 348 g/mol. The highest BCUT2D eigenvalue weighted by molar-refractivity contribution is 5.69. The fourth-order valence-corrected chi connectivity index (χ4v) is 8.16. The van der Waals surface area contributed by atoms with Crippen molar-refractivity contribution >= 4 is 5.97 Å². The first kappa shape index (κ1) is 17.8. The Labute approximate surface area is 152 Å². The molecule has 4 fully saturated rings. The van der Waals surface area contributed by atoms with E-state index in [1.54, 1.807) is 0 Å². The lowest BCUT2D eigenvalue weighted by Gasteiger charge is -2.61. The summed E-state index contributed by atoms with van der Waals surface area (Å²) in [4.78, 5) is 15.7. The highest BCUT2D eigenvalue weighted by atomic mass is 17.1. The standard InChI is InChI=1S/C22H36O3/c1-14-8-10-21(2)15(12-14)4-6-17-18-7-5-16(13-20(23)25-24)22(18,3)11-9-19(17)21/h14-19,24H,4-13H2,1-3H3/t14-,15?,16+,17-,18?,19?,21-,22+/m0/s1. The Balaban J connectivity index is 1.55. The minimum Gasteiger partial charge on any atom is -0.301 e. The maximum atomic E-state index is 11.7. The SMILES string of the molecule is C[C@H]1CC[C@@]2(C)C(CC[C@@H]3C2CC[C@@]2(C)C3CC[C@@H]2CC(=O)OO)C1. The minimum atomic E-state index is -0.439. The third-order valence-electron chi connectivity index (χ3n) is 9.64. The summed E-state index contributed by atoms with van der Waals surface area (Å²) in [6.07, 6.45) is 12.6.